The van der Waals surface area contributed by atoms with Crippen LogP contribution in [0.1, 0.15) is 42.6 Å². The molecule has 3 aromatic carbocycles. The van der Waals surface area contributed by atoms with Gasteiger partial charge in [0.1, 0.15) is 35.7 Å². The van der Waals surface area contributed by atoms with Crippen molar-refractivity contribution in [1.29, 1.82) is 0 Å². The third-order valence-electron chi connectivity index (χ3n) is 7.02. The number of rotatable bonds is 7. The minimum atomic E-state index is -0.548. The summed E-state index contributed by atoms with van der Waals surface area (Å²) in [4.78, 5) is 35.2. The summed E-state index contributed by atoms with van der Waals surface area (Å²) >= 11 is 6.24. The number of amides is 3. The highest BCUT2D eigenvalue weighted by atomic mass is 35.5. The lowest BCUT2D eigenvalue weighted by Crippen LogP contribution is -2.55. The van der Waals surface area contributed by atoms with E-state index < -0.39 is 12.1 Å². The third kappa shape index (κ3) is 5.95. The van der Waals surface area contributed by atoms with E-state index in [1.807, 2.05) is 74.5 Å². The summed E-state index contributed by atoms with van der Waals surface area (Å²) in [5.41, 5.74) is 2.35. The summed E-state index contributed by atoms with van der Waals surface area (Å²) in [7, 11) is 3.20. The van der Waals surface area contributed by atoms with Gasteiger partial charge in [-0.2, -0.15) is 0 Å². The molecule has 41 heavy (non-hydrogen) atoms. The lowest BCUT2D eigenvalue weighted by molar-refractivity contribution is -0.123. The molecule has 2 heterocycles. The number of hydrogen-bond acceptors (Lipinski definition) is 6. The molecule has 1 saturated heterocycles. The van der Waals surface area contributed by atoms with E-state index in [2.05, 4.69) is 5.32 Å². The van der Waals surface area contributed by atoms with E-state index in [-0.39, 0.29) is 24.6 Å². The lowest BCUT2D eigenvalue weighted by atomic mass is 9.93. The van der Waals surface area contributed by atoms with Gasteiger partial charge in [-0.3, -0.25) is 14.7 Å². The number of amidine groups is 1. The summed E-state index contributed by atoms with van der Waals surface area (Å²) in [5, 5.41) is 3.40. The number of benzene rings is 3. The Morgan fingerprint density at radius 3 is 2.41 bits per heavy atom. The van der Waals surface area contributed by atoms with Crippen molar-refractivity contribution in [2.24, 2.45) is 4.99 Å². The van der Waals surface area contributed by atoms with Gasteiger partial charge in [-0.05, 0) is 61.4 Å². The van der Waals surface area contributed by atoms with Crippen LogP contribution in [0.4, 0.5) is 4.79 Å². The van der Waals surface area contributed by atoms with Gasteiger partial charge in [-0.1, -0.05) is 35.9 Å². The number of ether oxygens (including phenoxy) is 3. The first kappa shape index (κ1) is 28.3. The number of carbonyl (C=O) groups excluding carboxylic acids is 2. The van der Waals surface area contributed by atoms with Crippen LogP contribution in [0.2, 0.25) is 5.02 Å². The maximum absolute atomic E-state index is 14.4. The zero-order valence-electron chi connectivity index (χ0n) is 23.5. The van der Waals surface area contributed by atoms with Gasteiger partial charge in [0.25, 0.3) is 0 Å². The van der Waals surface area contributed by atoms with Crippen LogP contribution < -0.4 is 19.5 Å². The predicted octanol–water partition coefficient (Wildman–Crippen LogP) is 5.24. The van der Waals surface area contributed by atoms with E-state index in [9.17, 15) is 9.59 Å². The Labute approximate surface area is 244 Å². The summed E-state index contributed by atoms with van der Waals surface area (Å²) in [5.74, 6) is 2.04. The molecule has 3 aromatic rings. The van der Waals surface area contributed by atoms with E-state index in [4.69, 9.17) is 30.8 Å². The summed E-state index contributed by atoms with van der Waals surface area (Å²) < 4.78 is 17.2. The highest BCUT2D eigenvalue weighted by Crippen LogP contribution is 2.46. The third-order valence-corrected chi connectivity index (χ3v) is 7.27. The Morgan fingerprint density at radius 1 is 1.00 bits per heavy atom. The van der Waals surface area contributed by atoms with Crippen LogP contribution in [-0.2, 0) is 4.79 Å². The summed E-state index contributed by atoms with van der Waals surface area (Å²) in [6, 6.07) is 19.2. The fourth-order valence-electron chi connectivity index (χ4n) is 5.14. The van der Waals surface area contributed by atoms with Crippen molar-refractivity contribution in [2.45, 2.75) is 32.0 Å². The van der Waals surface area contributed by atoms with Crippen LogP contribution in [0.15, 0.2) is 71.7 Å². The average molecular weight is 577 g/mol. The average Bonchev–Trinajstić information content (AvgIpc) is 3.37. The van der Waals surface area contributed by atoms with Crippen LogP contribution in [0.3, 0.4) is 0 Å². The number of nitrogens with one attached hydrogen (secondary N) is 1. The number of piperazine rings is 1. The highest BCUT2D eigenvalue weighted by molar-refractivity contribution is 6.30. The molecule has 5 rings (SSSR count). The van der Waals surface area contributed by atoms with Gasteiger partial charge in [-0.15, -0.1) is 0 Å². The second-order valence-corrected chi connectivity index (χ2v) is 10.6. The van der Waals surface area contributed by atoms with Crippen molar-refractivity contribution in [3.05, 3.63) is 88.4 Å². The van der Waals surface area contributed by atoms with Gasteiger partial charge in [0.2, 0.25) is 5.91 Å². The van der Waals surface area contributed by atoms with Gasteiger partial charge >= 0.3 is 6.03 Å². The van der Waals surface area contributed by atoms with Crippen molar-refractivity contribution < 1.29 is 23.8 Å². The molecule has 3 amide bonds. The Hall–Kier alpha value is -4.24. The van der Waals surface area contributed by atoms with E-state index in [1.165, 1.54) is 0 Å². The summed E-state index contributed by atoms with van der Waals surface area (Å²) in [6.07, 6.45) is -0.140. The minimum absolute atomic E-state index is 0.0446. The SMILES string of the molecule is COc1cccc(C2C(c3ccc(Cl)cc3)N=C(c3ccc(OC)cc3OC(C)C)N2C(=O)N2CCNC(=O)C2)c1. The molecule has 0 aliphatic carbocycles. The second kappa shape index (κ2) is 12.1. The van der Waals surface area contributed by atoms with Crippen LogP contribution in [0.5, 0.6) is 17.2 Å². The van der Waals surface area contributed by atoms with E-state index >= 15 is 0 Å². The molecule has 2 atom stereocenters. The molecule has 10 heteroatoms. The Kier molecular flexibility index (Phi) is 8.35. The molecule has 0 bridgehead atoms. The van der Waals surface area contributed by atoms with Crippen molar-refractivity contribution >= 4 is 29.4 Å². The molecule has 0 spiro atoms. The largest absolute Gasteiger partial charge is 0.497 e. The van der Waals surface area contributed by atoms with Crippen LogP contribution in [0, 0.1) is 0 Å². The molecule has 2 aliphatic heterocycles. The van der Waals surface area contributed by atoms with E-state index in [0.717, 1.165) is 11.1 Å². The predicted molar refractivity (Wildman–Crippen MR) is 157 cm³/mol. The lowest BCUT2D eigenvalue weighted by Gasteiger charge is -2.36. The fourth-order valence-corrected chi connectivity index (χ4v) is 5.27. The number of halogens is 1. The van der Waals surface area contributed by atoms with Crippen molar-refractivity contribution in [1.82, 2.24) is 15.1 Å². The fraction of sp³-hybridized carbons (Fsp3) is 0.323. The van der Waals surface area contributed by atoms with Crippen molar-refractivity contribution in [3.63, 3.8) is 0 Å². The molecule has 2 aliphatic rings. The quantitative estimate of drug-likeness (QED) is 0.415. The van der Waals surface area contributed by atoms with Gasteiger partial charge in [0.05, 0.1) is 31.9 Å². The number of methoxy groups -OCH3 is 2. The molecule has 214 valence electrons. The van der Waals surface area contributed by atoms with E-state index in [0.29, 0.717) is 46.8 Å². The zero-order chi connectivity index (χ0) is 29.1. The van der Waals surface area contributed by atoms with Crippen LogP contribution in [0.25, 0.3) is 0 Å². The number of carbonyl (C=O) groups is 2. The molecule has 1 fully saturated rings. The maximum atomic E-state index is 14.4. The molecular formula is C31H33ClN4O5. The monoisotopic (exact) mass is 576 g/mol. The normalized spacial score (nSPS) is 18.7. The maximum Gasteiger partial charge on any atom is 0.326 e. The Morgan fingerprint density at radius 2 is 1.73 bits per heavy atom. The highest BCUT2D eigenvalue weighted by Gasteiger charge is 2.45. The van der Waals surface area contributed by atoms with Crippen molar-refractivity contribution in [3.8, 4) is 17.2 Å². The second-order valence-electron chi connectivity index (χ2n) is 10.1. The smallest absolute Gasteiger partial charge is 0.326 e. The standard InChI is InChI=1S/C31H33ClN4O5/c1-19(2)41-26-17-24(40-4)12-13-25(26)30-34-28(20-8-10-22(32)11-9-20)29(21-6-5-7-23(16-21)39-3)36(30)31(38)35-15-14-33-27(37)18-35/h5-13,16-17,19,28-29H,14-15,18H2,1-4H3,(H,33,37). The Bertz CT molecular complexity index is 1460. The number of hydrogen-bond donors (Lipinski definition) is 1. The molecule has 9 nitrogen and oxygen atoms in total. The molecule has 2 unspecified atom stereocenters. The first-order valence-electron chi connectivity index (χ1n) is 13.5. The molecule has 0 saturated carbocycles. The van der Waals surface area contributed by atoms with Crippen molar-refractivity contribution in [2.75, 3.05) is 33.9 Å². The van der Waals surface area contributed by atoms with Gasteiger partial charge in [0, 0.05) is 24.2 Å². The minimum Gasteiger partial charge on any atom is -0.497 e. The van der Waals surface area contributed by atoms with E-state index in [1.54, 1.807) is 30.1 Å². The van der Waals surface area contributed by atoms with Crippen LogP contribution in [-0.4, -0.2) is 67.5 Å². The Balaban J connectivity index is 1.72. The molecule has 1 N–H and O–H groups in total. The molecule has 0 radical (unpaired) electrons. The molecular weight excluding hydrogens is 544 g/mol. The summed E-state index contributed by atoms with van der Waals surface area (Å²) in [6.45, 7) is 4.58. The van der Waals surface area contributed by atoms with Crippen LogP contribution >= 0.6 is 11.6 Å². The van der Waals surface area contributed by atoms with Gasteiger partial charge < -0.3 is 24.4 Å². The number of aliphatic imine (C=N–C) groups is 1. The first-order valence-corrected chi connectivity index (χ1v) is 13.8. The van der Waals surface area contributed by atoms with Gasteiger partial charge in [-0.25, -0.2) is 4.79 Å². The first-order chi connectivity index (χ1) is 19.8. The molecule has 0 aromatic heterocycles. The number of nitrogens with zero attached hydrogens (tertiary/aromatic N) is 3. The van der Waals surface area contributed by atoms with Gasteiger partial charge in [0.15, 0.2) is 0 Å². The number of urea groups is 1. The zero-order valence-corrected chi connectivity index (χ0v) is 24.2. The topological polar surface area (TPSA) is 92.7 Å².